The van der Waals surface area contributed by atoms with Gasteiger partial charge >= 0.3 is 0 Å². The summed E-state index contributed by atoms with van der Waals surface area (Å²) >= 11 is 0. The summed E-state index contributed by atoms with van der Waals surface area (Å²) < 4.78 is 0. The van der Waals surface area contributed by atoms with Gasteiger partial charge < -0.3 is 15.1 Å². The van der Waals surface area contributed by atoms with E-state index < -0.39 is 0 Å². The Kier molecular flexibility index (Phi) is 3.01. The number of carbonyl (C=O) groups excluding carboxylic acids is 2. The van der Waals surface area contributed by atoms with Crippen LogP contribution in [0.3, 0.4) is 0 Å². The number of rotatable bonds is 3. The first-order valence-electron chi connectivity index (χ1n) is 6.98. The Hall–Kier alpha value is -1.10. The smallest absolute Gasteiger partial charge is 0.245 e. The van der Waals surface area contributed by atoms with Gasteiger partial charge in [-0.15, -0.1) is 0 Å². The highest BCUT2D eigenvalue weighted by atomic mass is 16.2. The summed E-state index contributed by atoms with van der Waals surface area (Å²) in [5.41, 5.74) is 0. The van der Waals surface area contributed by atoms with Crippen LogP contribution in [0.5, 0.6) is 0 Å². The molecule has 3 fully saturated rings. The van der Waals surface area contributed by atoms with E-state index in [2.05, 4.69) is 5.32 Å². The monoisotopic (exact) mass is 251 g/mol. The van der Waals surface area contributed by atoms with Crippen LogP contribution < -0.4 is 5.32 Å². The number of carbonyl (C=O) groups is 2. The maximum atomic E-state index is 12.4. The van der Waals surface area contributed by atoms with E-state index >= 15 is 0 Å². The first-order chi connectivity index (χ1) is 8.66. The second-order valence-electron chi connectivity index (χ2n) is 5.73. The number of likely N-dealkylation sites (tertiary alicyclic amines) is 2. The third-order valence-electron chi connectivity index (χ3n) is 4.26. The van der Waals surface area contributed by atoms with E-state index in [0.29, 0.717) is 6.04 Å². The van der Waals surface area contributed by atoms with E-state index in [1.807, 2.05) is 11.9 Å². The molecule has 0 bridgehead atoms. The maximum Gasteiger partial charge on any atom is 0.245 e. The molecule has 5 heteroatoms. The van der Waals surface area contributed by atoms with E-state index in [0.717, 1.165) is 32.4 Å². The number of nitrogens with zero attached hydrogens (tertiary/aromatic N) is 2. The molecule has 2 heterocycles. The number of nitrogens with one attached hydrogen (secondary N) is 1. The van der Waals surface area contributed by atoms with Gasteiger partial charge in [-0.1, -0.05) is 0 Å². The van der Waals surface area contributed by atoms with E-state index in [-0.39, 0.29) is 23.9 Å². The molecule has 1 aliphatic carbocycles. The van der Waals surface area contributed by atoms with Crippen LogP contribution in [0.2, 0.25) is 0 Å². The van der Waals surface area contributed by atoms with Crippen molar-refractivity contribution in [2.75, 3.05) is 20.1 Å². The van der Waals surface area contributed by atoms with E-state index in [1.54, 1.807) is 4.90 Å². The standard InChI is InChI=1S/C13H21N3O2/c1-15-8-6-11(13(15)18)16-7-2-3-10(12(16)17)14-9-4-5-9/h9-11,14H,2-8H2,1H3. The average Bonchev–Trinajstić information content (AvgIpc) is 3.11. The molecule has 2 aliphatic heterocycles. The van der Waals surface area contributed by atoms with Crippen LogP contribution in [-0.4, -0.2) is 59.9 Å². The second-order valence-corrected chi connectivity index (χ2v) is 5.73. The zero-order valence-electron chi connectivity index (χ0n) is 10.9. The minimum atomic E-state index is -0.202. The van der Waals surface area contributed by atoms with Gasteiger partial charge in [-0.2, -0.15) is 0 Å². The zero-order chi connectivity index (χ0) is 12.7. The van der Waals surface area contributed by atoms with Crippen molar-refractivity contribution in [1.29, 1.82) is 0 Å². The fourth-order valence-corrected chi connectivity index (χ4v) is 2.99. The van der Waals surface area contributed by atoms with Crippen LogP contribution in [0.15, 0.2) is 0 Å². The van der Waals surface area contributed by atoms with Crippen molar-refractivity contribution in [2.45, 2.75) is 50.2 Å². The first kappa shape index (κ1) is 12.0. The van der Waals surface area contributed by atoms with Gasteiger partial charge in [0.1, 0.15) is 6.04 Å². The molecule has 2 unspecified atom stereocenters. The molecule has 1 N–H and O–H groups in total. The summed E-state index contributed by atoms with van der Waals surface area (Å²) in [6, 6.07) is 0.289. The molecule has 0 aromatic carbocycles. The number of hydrogen-bond donors (Lipinski definition) is 1. The molecule has 0 aromatic heterocycles. The molecule has 100 valence electrons. The molecule has 2 atom stereocenters. The SMILES string of the molecule is CN1CCC(N2CCCC(NC3CC3)C2=O)C1=O. The fraction of sp³-hybridized carbons (Fsp3) is 0.846. The largest absolute Gasteiger partial charge is 0.344 e. The summed E-state index contributed by atoms with van der Waals surface area (Å²) in [5.74, 6) is 0.247. The molecule has 3 rings (SSSR count). The van der Waals surface area contributed by atoms with Crippen molar-refractivity contribution in [2.24, 2.45) is 0 Å². The zero-order valence-corrected chi connectivity index (χ0v) is 10.9. The van der Waals surface area contributed by atoms with Crippen molar-refractivity contribution >= 4 is 11.8 Å². The highest BCUT2D eigenvalue weighted by Gasteiger charge is 2.41. The molecule has 2 amide bonds. The van der Waals surface area contributed by atoms with Crippen LogP contribution in [0.4, 0.5) is 0 Å². The minimum absolute atomic E-state index is 0.0510. The Morgan fingerprint density at radius 2 is 1.83 bits per heavy atom. The van der Waals surface area contributed by atoms with Crippen LogP contribution in [-0.2, 0) is 9.59 Å². The minimum Gasteiger partial charge on any atom is -0.344 e. The molecular weight excluding hydrogens is 230 g/mol. The number of amides is 2. The quantitative estimate of drug-likeness (QED) is 0.766. The highest BCUT2D eigenvalue weighted by molar-refractivity contribution is 5.91. The Labute approximate surface area is 107 Å². The molecule has 18 heavy (non-hydrogen) atoms. The lowest BCUT2D eigenvalue weighted by atomic mass is 10.0. The van der Waals surface area contributed by atoms with Gasteiger partial charge in [-0.05, 0) is 32.1 Å². The first-order valence-corrected chi connectivity index (χ1v) is 6.98. The number of likely N-dealkylation sites (N-methyl/N-ethyl adjacent to an activating group) is 1. The predicted octanol–water partition coefficient (Wildman–Crippen LogP) is -0.0399. The van der Waals surface area contributed by atoms with E-state index in [4.69, 9.17) is 0 Å². The van der Waals surface area contributed by atoms with Gasteiger partial charge in [0.05, 0.1) is 6.04 Å². The molecule has 0 radical (unpaired) electrons. The van der Waals surface area contributed by atoms with Gasteiger partial charge in [-0.3, -0.25) is 9.59 Å². The Morgan fingerprint density at radius 1 is 1.06 bits per heavy atom. The lowest BCUT2D eigenvalue weighted by Gasteiger charge is -2.35. The third-order valence-corrected chi connectivity index (χ3v) is 4.26. The molecule has 1 saturated carbocycles. The molecular formula is C13H21N3O2. The molecule has 5 nitrogen and oxygen atoms in total. The second kappa shape index (κ2) is 4.53. The van der Waals surface area contributed by atoms with Gasteiger partial charge in [0.15, 0.2) is 0 Å². The number of piperidine rings is 1. The Balaban J connectivity index is 1.67. The summed E-state index contributed by atoms with van der Waals surface area (Å²) in [7, 11) is 1.82. The maximum absolute atomic E-state index is 12.4. The summed E-state index contributed by atoms with van der Waals surface area (Å²) in [6.45, 7) is 1.51. The molecule has 0 spiro atoms. The Morgan fingerprint density at radius 3 is 2.44 bits per heavy atom. The van der Waals surface area contributed by atoms with E-state index in [9.17, 15) is 9.59 Å². The van der Waals surface area contributed by atoms with Crippen LogP contribution in [0.1, 0.15) is 32.1 Å². The van der Waals surface area contributed by atoms with E-state index in [1.165, 1.54) is 12.8 Å². The topological polar surface area (TPSA) is 52.6 Å². The highest BCUT2D eigenvalue weighted by Crippen LogP contribution is 2.25. The third kappa shape index (κ3) is 2.11. The lowest BCUT2D eigenvalue weighted by Crippen LogP contribution is -2.56. The van der Waals surface area contributed by atoms with Crippen molar-refractivity contribution in [3.05, 3.63) is 0 Å². The van der Waals surface area contributed by atoms with Crippen molar-refractivity contribution in [1.82, 2.24) is 15.1 Å². The molecule has 2 saturated heterocycles. The lowest BCUT2D eigenvalue weighted by molar-refractivity contribution is -0.145. The normalized spacial score (nSPS) is 33.4. The van der Waals surface area contributed by atoms with Crippen LogP contribution >= 0.6 is 0 Å². The van der Waals surface area contributed by atoms with Gasteiger partial charge in [0, 0.05) is 26.2 Å². The van der Waals surface area contributed by atoms with Crippen molar-refractivity contribution < 1.29 is 9.59 Å². The van der Waals surface area contributed by atoms with Gasteiger partial charge in [-0.25, -0.2) is 0 Å². The summed E-state index contributed by atoms with van der Waals surface area (Å²) in [6.07, 6.45) is 5.09. The summed E-state index contributed by atoms with van der Waals surface area (Å²) in [5, 5.41) is 3.41. The van der Waals surface area contributed by atoms with Crippen molar-refractivity contribution in [3.8, 4) is 0 Å². The summed E-state index contributed by atoms with van der Waals surface area (Å²) in [4.78, 5) is 28.0. The predicted molar refractivity (Wildman–Crippen MR) is 66.9 cm³/mol. The molecule has 3 aliphatic rings. The number of hydrogen-bond acceptors (Lipinski definition) is 3. The molecule has 0 aromatic rings. The van der Waals surface area contributed by atoms with Gasteiger partial charge in [0.25, 0.3) is 0 Å². The fourth-order valence-electron chi connectivity index (χ4n) is 2.99. The Bertz CT molecular complexity index is 367. The van der Waals surface area contributed by atoms with Gasteiger partial charge in [0.2, 0.25) is 11.8 Å². The van der Waals surface area contributed by atoms with Crippen LogP contribution in [0, 0.1) is 0 Å². The van der Waals surface area contributed by atoms with Crippen molar-refractivity contribution in [3.63, 3.8) is 0 Å². The van der Waals surface area contributed by atoms with Crippen LogP contribution in [0.25, 0.3) is 0 Å². The average molecular weight is 251 g/mol.